The first-order chi connectivity index (χ1) is 8.65. The third-order valence-electron chi connectivity index (χ3n) is 2.12. The van der Waals surface area contributed by atoms with Crippen molar-refractivity contribution in [3.8, 4) is 0 Å². The number of carbonyl (C=O) groups is 1. The molecule has 0 spiro atoms. The molecule has 0 unspecified atom stereocenters. The first-order valence-corrected chi connectivity index (χ1v) is 5.96. The molecule has 1 amide bonds. The first-order valence-electron chi connectivity index (χ1n) is 5.14. The monoisotopic (exact) mass is 265 g/mol. The van der Waals surface area contributed by atoms with Gasteiger partial charge in [-0.25, -0.2) is 8.78 Å². The number of anilines is 1. The molecule has 0 fully saturated rings. The van der Waals surface area contributed by atoms with Crippen LogP contribution < -0.4 is 5.32 Å². The van der Waals surface area contributed by atoms with Gasteiger partial charge in [-0.1, -0.05) is 18.2 Å². The van der Waals surface area contributed by atoms with Crippen molar-refractivity contribution in [3.63, 3.8) is 0 Å². The number of carbonyl (C=O) groups excluding carboxylic acids is 1. The van der Waals surface area contributed by atoms with Crippen LogP contribution in [-0.4, -0.2) is 5.24 Å². The van der Waals surface area contributed by atoms with Gasteiger partial charge in [-0.2, -0.15) is 0 Å². The van der Waals surface area contributed by atoms with Crippen molar-refractivity contribution in [1.82, 2.24) is 0 Å². The summed E-state index contributed by atoms with van der Waals surface area (Å²) in [7, 11) is 0. The molecule has 2 rings (SSSR count). The normalized spacial score (nSPS) is 10.1. The number of halogens is 2. The molecule has 5 heteroatoms. The summed E-state index contributed by atoms with van der Waals surface area (Å²) in [6.45, 7) is 0. The van der Waals surface area contributed by atoms with Gasteiger partial charge in [-0.05, 0) is 36.0 Å². The van der Waals surface area contributed by atoms with Crippen molar-refractivity contribution in [1.29, 1.82) is 0 Å². The van der Waals surface area contributed by atoms with Crippen LogP contribution in [0.25, 0.3) is 0 Å². The molecule has 2 nitrogen and oxygen atoms in total. The Labute approximate surface area is 107 Å². The molecule has 2 aromatic carbocycles. The maximum atomic E-state index is 13.3. The van der Waals surface area contributed by atoms with Crippen LogP contribution in [-0.2, 0) is 0 Å². The molecular formula is C13H9F2NOS. The molecule has 92 valence electrons. The molecule has 0 heterocycles. The number of amides is 1. The topological polar surface area (TPSA) is 29.1 Å². The van der Waals surface area contributed by atoms with E-state index in [0.717, 1.165) is 28.8 Å². The van der Waals surface area contributed by atoms with Crippen molar-refractivity contribution < 1.29 is 13.6 Å². The van der Waals surface area contributed by atoms with Gasteiger partial charge >= 0.3 is 0 Å². The Morgan fingerprint density at radius 3 is 2.44 bits per heavy atom. The Hall–Kier alpha value is -1.88. The molecule has 0 atom stereocenters. The second kappa shape index (κ2) is 5.64. The summed E-state index contributed by atoms with van der Waals surface area (Å²) < 4.78 is 26.0. The molecular weight excluding hydrogens is 256 g/mol. The lowest BCUT2D eigenvalue weighted by atomic mass is 10.3. The minimum atomic E-state index is -0.794. The molecule has 0 aliphatic heterocycles. The van der Waals surface area contributed by atoms with E-state index < -0.39 is 16.9 Å². The van der Waals surface area contributed by atoms with Crippen LogP contribution in [0.5, 0.6) is 0 Å². The van der Waals surface area contributed by atoms with Crippen LogP contribution >= 0.6 is 11.8 Å². The third-order valence-corrected chi connectivity index (χ3v) is 2.92. The summed E-state index contributed by atoms with van der Waals surface area (Å²) in [5.74, 6) is -1.47. The largest absolute Gasteiger partial charge is 0.314 e. The van der Waals surface area contributed by atoms with Gasteiger partial charge in [0.05, 0.1) is 5.69 Å². The lowest BCUT2D eigenvalue weighted by molar-refractivity contribution is 0.269. The van der Waals surface area contributed by atoms with Gasteiger partial charge in [0, 0.05) is 11.0 Å². The molecule has 0 bridgehead atoms. The van der Waals surface area contributed by atoms with Crippen molar-refractivity contribution in [3.05, 3.63) is 60.2 Å². The number of thioether (sulfide) groups is 1. The van der Waals surface area contributed by atoms with Gasteiger partial charge in [0.25, 0.3) is 5.24 Å². The summed E-state index contributed by atoms with van der Waals surface area (Å²) in [5.41, 5.74) is -0.0372. The van der Waals surface area contributed by atoms with Crippen LogP contribution in [0.2, 0.25) is 0 Å². The second-order valence-corrected chi connectivity index (χ2v) is 4.50. The zero-order valence-electron chi connectivity index (χ0n) is 9.19. The van der Waals surface area contributed by atoms with Gasteiger partial charge < -0.3 is 5.32 Å². The van der Waals surface area contributed by atoms with E-state index in [9.17, 15) is 13.6 Å². The predicted octanol–water partition coefficient (Wildman–Crippen LogP) is 4.29. The molecule has 1 N–H and O–H groups in total. The molecule has 2 aromatic rings. The van der Waals surface area contributed by atoms with E-state index >= 15 is 0 Å². The zero-order valence-corrected chi connectivity index (χ0v) is 10.0. The zero-order chi connectivity index (χ0) is 13.0. The van der Waals surface area contributed by atoms with E-state index in [4.69, 9.17) is 0 Å². The van der Waals surface area contributed by atoms with Gasteiger partial charge in [0.15, 0.2) is 0 Å². The molecule has 0 aliphatic carbocycles. The molecule has 0 saturated carbocycles. The highest BCUT2D eigenvalue weighted by atomic mass is 32.2. The Balaban J connectivity index is 2.03. The summed E-state index contributed by atoms with van der Waals surface area (Å²) in [5, 5.41) is 1.94. The predicted molar refractivity (Wildman–Crippen MR) is 67.7 cm³/mol. The first kappa shape index (κ1) is 12.6. The average Bonchev–Trinajstić information content (AvgIpc) is 2.34. The van der Waals surface area contributed by atoms with Crippen LogP contribution in [0.15, 0.2) is 53.4 Å². The summed E-state index contributed by atoms with van der Waals surface area (Å²) >= 11 is 0.941. The van der Waals surface area contributed by atoms with Crippen LogP contribution in [0.4, 0.5) is 19.3 Å². The summed E-state index contributed by atoms with van der Waals surface area (Å²) in [4.78, 5) is 12.4. The fourth-order valence-electron chi connectivity index (χ4n) is 1.32. The van der Waals surface area contributed by atoms with E-state index in [1.165, 1.54) is 6.07 Å². The Morgan fingerprint density at radius 1 is 1.06 bits per heavy atom. The SMILES string of the molecule is O=C(Nc1ccc(F)cc1F)Sc1ccccc1. The maximum Gasteiger partial charge on any atom is 0.288 e. The van der Waals surface area contributed by atoms with Gasteiger partial charge in [-0.3, -0.25) is 4.79 Å². The van der Waals surface area contributed by atoms with Crippen molar-refractivity contribution in [2.75, 3.05) is 5.32 Å². The maximum absolute atomic E-state index is 13.3. The van der Waals surface area contributed by atoms with E-state index in [1.54, 1.807) is 24.3 Å². The van der Waals surface area contributed by atoms with Gasteiger partial charge in [0.1, 0.15) is 11.6 Å². The van der Waals surface area contributed by atoms with E-state index in [1.807, 2.05) is 6.07 Å². The Bertz CT molecular complexity index is 560. The van der Waals surface area contributed by atoms with E-state index in [2.05, 4.69) is 5.32 Å². The quantitative estimate of drug-likeness (QED) is 0.821. The minimum Gasteiger partial charge on any atom is -0.314 e. The molecule has 0 radical (unpaired) electrons. The van der Waals surface area contributed by atoms with Crippen molar-refractivity contribution >= 4 is 22.7 Å². The summed E-state index contributed by atoms with van der Waals surface area (Å²) in [6, 6.07) is 12.0. The molecule has 0 aromatic heterocycles. The number of nitrogens with one attached hydrogen (secondary N) is 1. The van der Waals surface area contributed by atoms with E-state index in [-0.39, 0.29) is 5.69 Å². The molecule has 0 saturated heterocycles. The Morgan fingerprint density at radius 2 is 1.78 bits per heavy atom. The van der Waals surface area contributed by atoms with Crippen molar-refractivity contribution in [2.45, 2.75) is 4.90 Å². The lowest BCUT2D eigenvalue weighted by Crippen LogP contribution is -2.06. The van der Waals surface area contributed by atoms with Crippen molar-refractivity contribution in [2.24, 2.45) is 0 Å². The minimum absolute atomic E-state index is 0.0372. The van der Waals surface area contributed by atoms with Gasteiger partial charge in [0.2, 0.25) is 0 Å². The van der Waals surface area contributed by atoms with Crippen LogP contribution in [0, 0.1) is 11.6 Å². The number of rotatable bonds is 2. The lowest BCUT2D eigenvalue weighted by Gasteiger charge is -2.05. The average molecular weight is 265 g/mol. The van der Waals surface area contributed by atoms with Crippen LogP contribution in [0.1, 0.15) is 0 Å². The smallest absolute Gasteiger partial charge is 0.288 e. The molecule has 0 aliphatic rings. The standard InChI is InChI=1S/C13H9F2NOS/c14-9-6-7-12(11(15)8-9)16-13(17)18-10-4-2-1-3-5-10/h1-8H,(H,16,17). The number of hydrogen-bond donors (Lipinski definition) is 1. The molecule has 18 heavy (non-hydrogen) atoms. The Kier molecular flexibility index (Phi) is 3.94. The second-order valence-electron chi connectivity index (χ2n) is 3.45. The third kappa shape index (κ3) is 3.30. The van der Waals surface area contributed by atoms with Gasteiger partial charge in [-0.15, -0.1) is 0 Å². The fraction of sp³-hybridized carbons (Fsp3) is 0. The number of benzene rings is 2. The number of hydrogen-bond acceptors (Lipinski definition) is 2. The highest BCUT2D eigenvalue weighted by Crippen LogP contribution is 2.22. The van der Waals surface area contributed by atoms with Crippen LogP contribution in [0.3, 0.4) is 0 Å². The fourth-order valence-corrected chi connectivity index (χ4v) is 1.99. The van der Waals surface area contributed by atoms with E-state index in [0.29, 0.717) is 0 Å². The highest BCUT2D eigenvalue weighted by Gasteiger charge is 2.09. The highest BCUT2D eigenvalue weighted by molar-refractivity contribution is 8.13. The summed E-state index contributed by atoms with van der Waals surface area (Å²) in [6.07, 6.45) is 0.